The van der Waals surface area contributed by atoms with E-state index in [9.17, 15) is 0 Å². The van der Waals surface area contributed by atoms with Crippen molar-refractivity contribution >= 4 is 11.0 Å². The summed E-state index contributed by atoms with van der Waals surface area (Å²) in [6.45, 7) is 4.12. The number of hydrogen-bond acceptors (Lipinski definition) is 3. The van der Waals surface area contributed by atoms with Gasteiger partial charge in [0, 0.05) is 30.9 Å². The normalized spacial score (nSPS) is 11.1. The monoisotopic (exact) mass is 219 g/mol. The maximum absolute atomic E-state index is 5.42. The Balaban J connectivity index is 2.40. The molecule has 0 fully saturated rings. The van der Waals surface area contributed by atoms with E-state index in [4.69, 9.17) is 4.74 Å². The fraction of sp³-hybridized carbons (Fsp3) is 0.417. The molecule has 0 radical (unpaired) electrons. The maximum Gasteiger partial charge on any atom is 0.142 e. The number of nitrogens with zero attached hydrogens (tertiary/aromatic N) is 2. The van der Waals surface area contributed by atoms with Gasteiger partial charge in [-0.2, -0.15) is 0 Å². The third kappa shape index (κ3) is 2.08. The number of rotatable bonds is 5. The summed E-state index contributed by atoms with van der Waals surface area (Å²) < 4.78 is 7.47. The van der Waals surface area contributed by atoms with E-state index in [1.54, 1.807) is 0 Å². The second kappa shape index (κ2) is 5.09. The highest BCUT2D eigenvalue weighted by atomic mass is 16.5. The van der Waals surface area contributed by atoms with Gasteiger partial charge in [0.25, 0.3) is 0 Å². The lowest BCUT2D eigenvalue weighted by Gasteiger charge is -2.03. The van der Waals surface area contributed by atoms with Crippen LogP contribution in [0.1, 0.15) is 12.5 Å². The smallest absolute Gasteiger partial charge is 0.142 e. The second-order valence-electron chi connectivity index (χ2n) is 3.65. The van der Waals surface area contributed by atoms with Crippen molar-refractivity contribution in [2.45, 2.75) is 20.2 Å². The zero-order chi connectivity index (χ0) is 11.4. The van der Waals surface area contributed by atoms with Gasteiger partial charge in [-0.05, 0) is 31.7 Å². The molecule has 0 aliphatic heterocycles. The van der Waals surface area contributed by atoms with Crippen molar-refractivity contribution in [2.24, 2.45) is 0 Å². The highest BCUT2D eigenvalue weighted by Gasteiger charge is 2.07. The molecule has 0 aliphatic carbocycles. The summed E-state index contributed by atoms with van der Waals surface area (Å²) in [7, 11) is 1.95. The molecule has 16 heavy (non-hydrogen) atoms. The van der Waals surface area contributed by atoms with Crippen LogP contribution in [0.2, 0.25) is 0 Å². The van der Waals surface area contributed by atoms with Crippen molar-refractivity contribution in [2.75, 3.05) is 13.7 Å². The lowest BCUT2D eigenvalue weighted by atomic mass is 10.2. The van der Waals surface area contributed by atoms with E-state index in [2.05, 4.69) is 22.6 Å². The Bertz CT molecular complexity index is 464. The number of hydrogen-bond donors (Lipinski definition) is 1. The van der Waals surface area contributed by atoms with Crippen molar-refractivity contribution in [3.8, 4) is 0 Å². The highest BCUT2D eigenvalue weighted by molar-refractivity contribution is 5.80. The molecule has 2 heterocycles. The van der Waals surface area contributed by atoms with Gasteiger partial charge in [0.2, 0.25) is 0 Å². The van der Waals surface area contributed by atoms with E-state index in [-0.39, 0.29) is 0 Å². The zero-order valence-electron chi connectivity index (χ0n) is 9.73. The highest BCUT2D eigenvalue weighted by Crippen LogP contribution is 2.19. The van der Waals surface area contributed by atoms with Gasteiger partial charge < -0.3 is 14.6 Å². The van der Waals surface area contributed by atoms with E-state index in [0.29, 0.717) is 13.3 Å². The van der Waals surface area contributed by atoms with Crippen LogP contribution in [-0.4, -0.2) is 23.2 Å². The molecule has 0 unspecified atom stereocenters. The van der Waals surface area contributed by atoms with Crippen molar-refractivity contribution < 1.29 is 4.74 Å². The van der Waals surface area contributed by atoms with Crippen LogP contribution in [0.3, 0.4) is 0 Å². The van der Waals surface area contributed by atoms with Crippen LogP contribution >= 0.6 is 0 Å². The molecule has 2 aromatic rings. The van der Waals surface area contributed by atoms with Crippen LogP contribution in [0, 0.1) is 0 Å². The van der Waals surface area contributed by atoms with Gasteiger partial charge >= 0.3 is 0 Å². The van der Waals surface area contributed by atoms with Crippen molar-refractivity contribution in [3.05, 3.63) is 30.1 Å². The third-order valence-corrected chi connectivity index (χ3v) is 2.52. The molecule has 0 saturated carbocycles. The van der Waals surface area contributed by atoms with Gasteiger partial charge in [-0.25, -0.2) is 4.98 Å². The average Bonchev–Trinajstić information content (AvgIpc) is 2.66. The molecular weight excluding hydrogens is 202 g/mol. The van der Waals surface area contributed by atoms with Gasteiger partial charge in [-0.1, -0.05) is 0 Å². The number of aromatic nitrogens is 2. The molecule has 0 bridgehead atoms. The third-order valence-electron chi connectivity index (χ3n) is 2.52. The minimum absolute atomic E-state index is 0.563. The van der Waals surface area contributed by atoms with Crippen molar-refractivity contribution in [1.82, 2.24) is 14.9 Å². The first-order chi connectivity index (χ1) is 7.86. The number of ether oxygens (including phenoxy) is 1. The van der Waals surface area contributed by atoms with Gasteiger partial charge in [-0.15, -0.1) is 0 Å². The van der Waals surface area contributed by atoms with E-state index in [1.165, 1.54) is 10.9 Å². The second-order valence-corrected chi connectivity index (χ2v) is 3.65. The molecule has 4 nitrogen and oxygen atoms in total. The molecule has 0 aromatic carbocycles. The van der Waals surface area contributed by atoms with Gasteiger partial charge in [0.05, 0.1) is 0 Å². The number of nitrogens with one attached hydrogen (secondary N) is 1. The SMILES string of the molecule is CCOCn1cc(CNC)c2cccnc21. The largest absolute Gasteiger partial charge is 0.361 e. The van der Waals surface area contributed by atoms with Gasteiger partial charge in [0.15, 0.2) is 0 Å². The number of pyridine rings is 1. The Hall–Kier alpha value is -1.39. The Morgan fingerprint density at radius 2 is 2.38 bits per heavy atom. The molecule has 4 heteroatoms. The molecule has 1 N–H and O–H groups in total. The molecule has 2 rings (SSSR count). The minimum atomic E-state index is 0.563. The standard InChI is InChI=1S/C12H17N3O/c1-3-16-9-15-8-10(7-13-2)11-5-4-6-14-12(11)15/h4-6,8,13H,3,7,9H2,1-2H3. The van der Waals surface area contributed by atoms with Crippen LogP contribution in [0.5, 0.6) is 0 Å². The van der Waals surface area contributed by atoms with Crippen LogP contribution in [0.15, 0.2) is 24.5 Å². The van der Waals surface area contributed by atoms with Crippen molar-refractivity contribution in [3.63, 3.8) is 0 Å². The van der Waals surface area contributed by atoms with Crippen LogP contribution < -0.4 is 5.32 Å². The summed E-state index contributed by atoms with van der Waals surface area (Å²) in [5.74, 6) is 0. The molecule has 2 aromatic heterocycles. The Kier molecular flexibility index (Phi) is 3.54. The fourth-order valence-corrected chi connectivity index (χ4v) is 1.81. The minimum Gasteiger partial charge on any atom is -0.361 e. The number of fused-ring (bicyclic) bond motifs is 1. The first-order valence-electron chi connectivity index (χ1n) is 5.52. The summed E-state index contributed by atoms with van der Waals surface area (Å²) in [4.78, 5) is 4.39. The zero-order valence-corrected chi connectivity index (χ0v) is 9.73. The molecule has 0 spiro atoms. The predicted molar refractivity (Wildman–Crippen MR) is 64.1 cm³/mol. The Labute approximate surface area is 95.2 Å². The summed E-state index contributed by atoms with van der Waals surface area (Å²) >= 11 is 0. The van der Waals surface area contributed by atoms with E-state index >= 15 is 0 Å². The molecule has 0 amide bonds. The summed E-state index contributed by atoms with van der Waals surface area (Å²) in [6.07, 6.45) is 3.91. The lowest BCUT2D eigenvalue weighted by molar-refractivity contribution is 0.0904. The van der Waals surface area contributed by atoms with E-state index in [1.807, 2.05) is 30.8 Å². The fourth-order valence-electron chi connectivity index (χ4n) is 1.81. The van der Waals surface area contributed by atoms with Crippen LogP contribution in [0.25, 0.3) is 11.0 Å². The first kappa shape index (κ1) is 11.1. The lowest BCUT2D eigenvalue weighted by Crippen LogP contribution is -2.04. The van der Waals surface area contributed by atoms with Gasteiger partial charge in [0.1, 0.15) is 12.4 Å². The molecule has 0 aliphatic rings. The Morgan fingerprint density at radius 1 is 1.50 bits per heavy atom. The molecule has 86 valence electrons. The molecule has 0 saturated heterocycles. The summed E-state index contributed by atoms with van der Waals surface area (Å²) in [6, 6.07) is 4.06. The van der Waals surface area contributed by atoms with Crippen LogP contribution in [0.4, 0.5) is 0 Å². The predicted octanol–water partition coefficient (Wildman–Crippen LogP) is 1.75. The average molecular weight is 219 g/mol. The van der Waals surface area contributed by atoms with Gasteiger partial charge in [-0.3, -0.25) is 0 Å². The molecule has 0 atom stereocenters. The van der Waals surface area contributed by atoms with Crippen molar-refractivity contribution in [1.29, 1.82) is 0 Å². The topological polar surface area (TPSA) is 39.1 Å². The molecular formula is C12H17N3O. The maximum atomic E-state index is 5.42. The quantitative estimate of drug-likeness (QED) is 0.832. The van der Waals surface area contributed by atoms with E-state index < -0.39 is 0 Å². The van der Waals surface area contributed by atoms with Crippen LogP contribution in [-0.2, 0) is 18.0 Å². The first-order valence-corrected chi connectivity index (χ1v) is 5.52. The Morgan fingerprint density at radius 3 is 3.12 bits per heavy atom. The van der Waals surface area contributed by atoms with E-state index in [0.717, 1.165) is 12.2 Å². The summed E-state index contributed by atoms with van der Waals surface area (Å²) in [5, 5.41) is 4.35. The summed E-state index contributed by atoms with van der Waals surface area (Å²) in [5.41, 5.74) is 2.24.